The SMILES string of the molecule is COc1cc(/C=C2\N=C(c3cccc(Cl)c3)OC2=O)ccc1OCc1c(C)noc1C. The van der Waals surface area contributed by atoms with Crippen LogP contribution in [0.25, 0.3) is 6.08 Å². The maximum atomic E-state index is 12.3. The van der Waals surface area contributed by atoms with Gasteiger partial charge in [-0.05, 0) is 55.8 Å². The molecule has 0 spiro atoms. The molecule has 2 heterocycles. The van der Waals surface area contributed by atoms with Gasteiger partial charge in [-0.1, -0.05) is 28.9 Å². The van der Waals surface area contributed by atoms with Crippen LogP contribution in [0, 0.1) is 13.8 Å². The second kappa shape index (κ2) is 8.65. The minimum atomic E-state index is -0.535. The van der Waals surface area contributed by atoms with Crippen LogP contribution in [-0.4, -0.2) is 24.1 Å². The lowest BCUT2D eigenvalue weighted by Crippen LogP contribution is -2.05. The molecule has 158 valence electrons. The number of methoxy groups -OCH3 is 1. The van der Waals surface area contributed by atoms with Crippen molar-refractivity contribution in [3.05, 3.63) is 81.3 Å². The molecule has 8 heteroatoms. The minimum Gasteiger partial charge on any atom is -0.493 e. The molecule has 3 aromatic rings. The number of aliphatic imine (C=N–C) groups is 1. The van der Waals surface area contributed by atoms with Gasteiger partial charge in [-0.2, -0.15) is 0 Å². The molecular weight excluding hydrogens is 420 g/mol. The van der Waals surface area contributed by atoms with Crippen LogP contribution in [0.3, 0.4) is 0 Å². The number of ether oxygens (including phenoxy) is 3. The fourth-order valence-corrected chi connectivity index (χ4v) is 3.25. The number of carbonyl (C=O) groups excluding carboxylic acids is 1. The fraction of sp³-hybridized carbons (Fsp3) is 0.174. The average Bonchev–Trinajstić information content (AvgIpc) is 3.28. The summed E-state index contributed by atoms with van der Waals surface area (Å²) in [6.45, 7) is 4.00. The Morgan fingerprint density at radius 3 is 2.68 bits per heavy atom. The minimum absolute atomic E-state index is 0.182. The summed E-state index contributed by atoms with van der Waals surface area (Å²) < 4.78 is 21.8. The summed E-state index contributed by atoms with van der Waals surface area (Å²) in [5, 5.41) is 4.46. The predicted molar refractivity (Wildman–Crippen MR) is 115 cm³/mol. The van der Waals surface area contributed by atoms with Gasteiger partial charge in [0.15, 0.2) is 17.2 Å². The number of carbonyl (C=O) groups is 1. The normalized spacial score (nSPS) is 14.5. The largest absolute Gasteiger partial charge is 0.493 e. The molecule has 7 nitrogen and oxygen atoms in total. The molecular formula is C23H19ClN2O5. The van der Waals surface area contributed by atoms with Crippen molar-refractivity contribution in [3.8, 4) is 11.5 Å². The molecule has 4 rings (SSSR count). The second-order valence-electron chi connectivity index (χ2n) is 6.85. The van der Waals surface area contributed by atoms with Gasteiger partial charge in [-0.25, -0.2) is 9.79 Å². The molecule has 2 aromatic carbocycles. The number of hydrogen-bond acceptors (Lipinski definition) is 7. The Morgan fingerprint density at radius 1 is 1.13 bits per heavy atom. The Bertz CT molecular complexity index is 1190. The molecule has 0 saturated carbocycles. The summed E-state index contributed by atoms with van der Waals surface area (Å²) in [7, 11) is 1.55. The summed E-state index contributed by atoms with van der Waals surface area (Å²) in [6, 6.07) is 12.3. The van der Waals surface area contributed by atoms with Gasteiger partial charge in [0, 0.05) is 10.6 Å². The zero-order valence-electron chi connectivity index (χ0n) is 17.1. The van der Waals surface area contributed by atoms with Crippen molar-refractivity contribution >= 4 is 29.5 Å². The van der Waals surface area contributed by atoms with Gasteiger partial charge in [0.2, 0.25) is 5.90 Å². The van der Waals surface area contributed by atoms with E-state index in [0.717, 1.165) is 11.3 Å². The van der Waals surface area contributed by atoms with E-state index in [1.165, 1.54) is 0 Å². The Kier molecular flexibility index (Phi) is 5.77. The highest BCUT2D eigenvalue weighted by Gasteiger charge is 2.24. The van der Waals surface area contributed by atoms with Gasteiger partial charge in [-0.3, -0.25) is 0 Å². The highest BCUT2D eigenvalue weighted by Crippen LogP contribution is 2.31. The van der Waals surface area contributed by atoms with E-state index < -0.39 is 5.97 Å². The fourth-order valence-electron chi connectivity index (χ4n) is 3.06. The van der Waals surface area contributed by atoms with Crippen molar-refractivity contribution in [1.82, 2.24) is 5.16 Å². The van der Waals surface area contributed by atoms with E-state index in [2.05, 4.69) is 10.1 Å². The molecule has 1 aliphatic heterocycles. The highest BCUT2D eigenvalue weighted by atomic mass is 35.5. The first-order valence-electron chi connectivity index (χ1n) is 9.45. The molecule has 0 atom stereocenters. The third-order valence-corrected chi connectivity index (χ3v) is 4.97. The van der Waals surface area contributed by atoms with Gasteiger partial charge in [0.05, 0.1) is 18.4 Å². The first-order valence-corrected chi connectivity index (χ1v) is 9.83. The van der Waals surface area contributed by atoms with Crippen LogP contribution in [0.4, 0.5) is 0 Å². The average molecular weight is 439 g/mol. The molecule has 31 heavy (non-hydrogen) atoms. The number of cyclic esters (lactones) is 1. The number of hydrogen-bond donors (Lipinski definition) is 0. The first kappa shape index (κ1) is 20.7. The molecule has 0 saturated heterocycles. The van der Waals surface area contributed by atoms with Gasteiger partial charge in [0.1, 0.15) is 12.4 Å². The number of aryl methyl sites for hydroxylation is 2. The van der Waals surface area contributed by atoms with E-state index in [-0.39, 0.29) is 11.6 Å². The molecule has 0 N–H and O–H groups in total. The Hall–Kier alpha value is -3.58. The summed E-state index contributed by atoms with van der Waals surface area (Å²) >= 11 is 6.00. The summed E-state index contributed by atoms with van der Waals surface area (Å²) in [4.78, 5) is 16.6. The highest BCUT2D eigenvalue weighted by molar-refractivity contribution is 6.31. The van der Waals surface area contributed by atoms with Crippen molar-refractivity contribution in [2.24, 2.45) is 4.99 Å². The number of halogens is 1. The van der Waals surface area contributed by atoms with Crippen LogP contribution in [0.5, 0.6) is 11.5 Å². The smallest absolute Gasteiger partial charge is 0.363 e. The number of nitrogens with zero attached hydrogens (tertiary/aromatic N) is 2. The van der Waals surface area contributed by atoms with E-state index in [1.807, 2.05) is 13.8 Å². The quantitative estimate of drug-likeness (QED) is 0.403. The van der Waals surface area contributed by atoms with Crippen LogP contribution < -0.4 is 9.47 Å². The predicted octanol–water partition coefficient (Wildman–Crippen LogP) is 4.88. The standard InChI is InChI=1S/C23H19ClN2O5/c1-13-18(14(2)31-26-13)12-29-20-8-7-15(10-21(20)28-3)9-19-23(27)30-22(25-19)16-5-4-6-17(24)11-16/h4-11H,12H2,1-3H3/b19-9-. The molecule has 0 bridgehead atoms. The topological polar surface area (TPSA) is 83.2 Å². The van der Waals surface area contributed by atoms with E-state index >= 15 is 0 Å². The maximum absolute atomic E-state index is 12.3. The van der Waals surface area contributed by atoms with Gasteiger partial charge >= 0.3 is 5.97 Å². The van der Waals surface area contributed by atoms with E-state index in [9.17, 15) is 4.79 Å². The number of benzene rings is 2. The Morgan fingerprint density at radius 2 is 1.97 bits per heavy atom. The second-order valence-corrected chi connectivity index (χ2v) is 7.28. The van der Waals surface area contributed by atoms with Crippen molar-refractivity contribution in [3.63, 3.8) is 0 Å². The Balaban J connectivity index is 1.56. The zero-order chi connectivity index (χ0) is 22.0. The molecule has 0 amide bonds. The van der Waals surface area contributed by atoms with Crippen LogP contribution in [0.2, 0.25) is 5.02 Å². The lowest BCUT2D eigenvalue weighted by Gasteiger charge is -2.11. The van der Waals surface area contributed by atoms with Crippen molar-refractivity contribution in [1.29, 1.82) is 0 Å². The van der Waals surface area contributed by atoms with Gasteiger partial charge in [0.25, 0.3) is 0 Å². The maximum Gasteiger partial charge on any atom is 0.363 e. The van der Waals surface area contributed by atoms with Crippen molar-refractivity contribution in [2.45, 2.75) is 20.5 Å². The molecule has 1 aliphatic rings. The lowest BCUT2D eigenvalue weighted by molar-refractivity contribution is -0.129. The zero-order valence-corrected chi connectivity index (χ0v) is 17.9. The third-order valence-electron chi connectivity index (χ3n) is 4.74. The Labute approximate surface area is 183 Å². The lowest BCUT2D eigenvalue weighted by atomic mass is 10.1. The summed E-state index contributed by atoms with van der Waals surface area (Å²) in [5.41, 5.74) is 3.20. The van der Waals surface area contributed by atoms with Crippen LogP contribution in [0.1, 0.15) is 28.1 Å². The van der Waals surface area contributed by atoms with Crippen molar-refractivity contribution < 1.29 is 23.5 Å². The van der Waals surface area contributed by atoms with Crippen LogP contribution in [0.15, 0.2) is 57.7 Å². The molecule has 0 unspecified atom stereocenters. The number of esters is 1. The van der Waals surface area contributed by atoms with Gasteiger partial charge in [-0.15, -0.1) is 0 Å². The molecule has 0 fully saturated rings. The first-order chi connectivity index (χ1) is 14.9. The van der Waals surface area contributed by atoms with Crippen LogP contribution in [-0.2, 0) is 16.1 Å². The number of aromatic nitrogens is 1. The van der Waals surface area contributed by atoms with Crippen LogP contribution >= 0.6 is 11.6 Å². The van der Waals surface area contributed by atoms with Gasteiger partial charge < -0.3 is 18.7 Å². The summed E-state index contributed by atoms with van der Waals surface area (Å²) in [6.07, 6.45) is 1.63. The van der Waals surface area contributed by atoms with E-state index in [1.54, 1.807) is 55.7 Å². The summed E-state index contributed by atoms with van der Waals surface area (Å²) in [5.74, 6) is 1.47. The monoisotopic (exact) mass is 438 g/mol. The van der Waals surface area contributed by atoms with E-state index in [0.29, 0.717) is 40.0 Å². The molecule has 0 aliphatic carbocycles. The third kappa shape index (κ3) is 4.46. The van der Waals surface area contributed by atoms with Crippen molar-refractivity contribution in [2.75, 3.05) is 7.11 Å². The molecule has 1 aromatic heterocycles. The van der Waals surface area contributed by atoms with E-state index in [4.69, 9.17) is 30.3 Å². The number of rotatable bonds is 6. The molecule has 0 radical (unpaired) electrons.